The molecule has 0 aliphatic carbocycles. The molecule has 0 atom stereocenters. The van der Waals surface area contributed by atoms with Gasteiger partial charge >= 0.3 is 0 Å². The van der Waals surface area contributed by atoms with Gasteiger partial charge < -0.3 is 9.80 Å². The van der Waals surface area contributed by atoms with Gasteiger partial charge in [-0.1, -0.05) is 0 Å². The Balaban J connectivity index is 1.47. The molecule has 112 valence electrons. The van der Waals surface area contributed by atoms with Crippen LogP contribution in [0.15, 0.2) is 30.9 Å². The van der Waals surface area contributed by atoms with Crippen molar-refractivity contribution in [2.45, 2.75) is 13.0 Å². The van der Waals surface area contributed by atoms with Crippen LogP contribution in [0, 0.1) is 6.92 Å². The molecule has 1 aliphatic heterocycles. The summed E-state index contributed by atoms with van der Waals surface area (Å²) in [6, 6.07) is 6.34. The Hall–Kier alpha value is -2.77. The van der Waals surface area contributed by atoms with E-state index in [0.29, 0.717) is 6.04 Å². The van der Waals surface area contributed by atoms with E-state index in [1.165, 1.54) is 0 Å². The molecule has 4 rings (SSSR count). The first-order valence-corrected chi connectivity index (χ1v) is 7.14. The van der Waals surface area contributed by atoms with Crippen LogP contribution in [-0.4, -0.2) is 56.0 Å². The second-order valence-electron chi connectivity index (χ2n) is 5.51. The van der Waals surface area contributed by atoms with Crippen molar-refractivity contribution in [1.82, 2.24) is 29.8 Å². The van der Waals surface area contributed by atoms with Gasteiger partial charge in [-0.25, -0.2) is 9.97 Å². The van der Waals surface area contributed by atoms with Crippen LogP contribution in [0.1, 0.15) is 5.69 Å². The number of anilines is 2. The van der Waals surface area contributed by atoms with Gasteiger partial charge in [0, 0.05) is 31.9 Å². The van der Waals surface area contributed by atoms with Gasteiger partial charge in [0.15, 0.2) is 5.65 Å². The summed E-state index contributed by atoms with van der Waals surface area (Å²) in [7, 11) is 2.07. The minimum Gasteiger partial charge on any atom is -0.353 e. The number of fused-ring (bicyclic) bond motifs is 1. The highest BCUT2D eigenvalue weighted by Gasteiger charge is 2.31. The molecule has 0 bridgehead atoms. The molecule has 4 heterocycles. The second kappa shape index (κ2) is 4.90. The Morgan fingerprint density at radius 1 is 1.23 bits per heavy atom. The summed E-state index contributed by atoms with van der Waals surface area (Å²) in [4.78, 5) is 12.9. The van der Waals surface area contributed by atoms with E-state index in [1.807, 2.05) is 25.1 Å². The summed E-state index contributed by atoms with van der Waals surface area (Å²) in [5, 5.41) is 12.3. The molecule has 8 nitrogen and oxygen atoms in total. The SMILES string of the molecule is Cc1cc(N(C)C2CN(c3ccc4nncn4n3)C2)ncn1. The molecule has 0 spiro atoms. The maximum Gasteiger partial charge on any atom is 0.177 e. The fourth-order valence-electron chi connectivity index (χ4n) is 2.59. The van der Waals surface area contributed by atoms with Gasteiger partial charge in [0.1, 0.15) is 24.3 Å². The molecule has 1 saturated heterocycles. The Bertz CT molecular complexity index is 807. The number of aryl methyl sites for hydroxylation is 1. The summed E-state index contributed by atoms with van der Waals surface area (Å²) in [6.07, 6.45) is 3.23. The summed E-state index contributed by atoms with van der Waals surface area (Å²) < 4.78 is 1.69. The van der Waals surface area contributed by atoms with Crippen LogP contribution in [-0.2, 0) is 0 Å². The Kier molecular flexibility index (Phi) is 2.88. The van der Waals surface area contributed by atoms with E-state index in [9.17, 15) is 0 Å². The average molecular weight is 296 g/mol. The van der Waals surface area contributed by atoms with E-state index in [1.54, 1.807) is 17.2 Å². The van der Waals surface area contributed by atoms with E-state index < -0.39 is 0 Å². The molecule has 0 saturated carbocycles. The van der Waals surface area contributed by atoms with Crippen molar-refractivity contribution in [3.8, 4) is 0 Å². The zero-order valence-corrected chi connectivity index (χ0v) is 12.5. The second-order valence-corrected chi connectivity index (χ2v) is 5.51. The molecule has 0 N–H and O–H groups in total. The third-order valence-electron chi connectivity index (χ3n) is 4.03. The number of nitrogens with zero attached hydrogens (tertiary/aromatic N) is 8. The van der Waals surface area contributed by atoms with Crippen molar-refractivity contribution in [1.29, 1.82) is 0 Å². The summed E-state index contributed by atoms with van der Waals surface area (Å²) in [5.41, 5.74) is 1.74. The predicted octanol–water partition coefficient (Wildman–Crippen LogP) is 0.548. The zero-order valence-electron chi connectivity index (χ0n) is 12.5. The Morgan fingerprint density at radius 3 is 2.91 bits per heavy atom. The summed E-state index contributed by atoms with van der Waals surface area (Å²) in [6.45, 7) is 3.81. The fourth-order valence-corrected chi connectivity index (χ4v) is 2.59. The topological polar surface area (TPSA) is 75.3 Å². The molecule has 3 aromatic heterocycles. The first kappa shape index (κ1) is 12.9. The Labute approximate surface area is 127 Å². The van der Waals surface area contributed by atoms with Gasteiger partial charge in [0.2, 0.25) is 0 Å². The van der Waals surface area contributed by atoms with Crippen LogP contribution in [0.5, 0.6) is 0 Å². The van der Waals surface area contributed by atoms with E-state index in [2.05, 4.69) is 42.1 Å². The zero-order chi connectivity index (χ0) is 15.1. The third-order valence-corrected chi connectivity index (χ3v) is 4.03. The minimum absolute atomic E-state index is 0.424. The molecule has 3 aromatic rings. The largest absolute Gasteiger partial charge is 0.353 e. The monoisotopic (exact) mass is 296 g/mol. The van der Waals surface area contributed by atoms with Gasteiger partial charge in [-0.15, -0.1) is 15.3 Å². The van der Waals surface area contributed by atoms with Crippen LogP contribution >= 0.6 is 0 Å². The van der Waals surface area contributed by atoms with Crippen molar-refractivity contribution in [2.24, 2.45) is 0 Å². The predicted molar refractivity (Wildman–Crippen MR) is 82.0 cm³/mol. The maximum atomic E-state index is 4.51. The maximum absolute atomic E-state index is 4.51. The normalized spacial score (nSPS) is 15.1. The van der Waals surface area contributed by atoms with Gasteiger partial charge in [-0.05, 0) is 19.1 Å². The first-order valence-electron chi connectivity index (χ1n) is 7.14. The van der Waals surface area contributed by atoms with Crippen LogP contribution in [0.4, 0.5) is 11.6 Å². The molecular formula is C14H16N8. The van der Waals surface area contributed by atoms with Gasteiger partial charge in [-0.3, -0.25) is 0 Å². The van der Waals surface area contributed by atoms with Crippen molar-refractivity contribution < 1.29 is 0 Å². The van der Waals surface area contributed by atoms with Crippen LogP contribution in [0.25, 0.3) is 5.65 Å². The number of hydrogen-bond acceptors (Lipinski definition) is 7. The molecule has 1 aliphatic rings. The highest BCUT2D eigenvalue weighted by atomic mass is 15.4. The highest BCUT2D eigenvalue weighted by molar-refractivity contribution is 5.50. The lowest BCUT2D eigenvalue weighted by atomic mass is 10.1. The molecule has 0 radical (unpaired) electrons. The molecule has 0 amide bonds. The molecule has 1 fully saturated rings. The lowest BCUT2D eigenvalue weighted by molar-refractivity contribution is 0.487. The Morgan fingerprint density at radius 2 is 2.09 bits per heavy atom. The minimum atomic E-state index is 0.424. The molecule has 0 unspecified atom stereocenters. The van der Waals surface area contributed by atoms with E-state index in [0.717, 1.165) is 36.1 Å². The standard InChI is InChI=1S/C14H16N8/c1-10-5-14(16-8-15-10)20(2)11-6-21(7-11)13-4-3-12-18-17-9-22(12)19-13/h3-5,8-9,11H,6-7H2,1-2H3. The third kappa shape index (κ3) is 2.12. The smallest absolute Gasteiger partial charge is 0.177 e. The number of rotatable bonds is 3. The molecule has 8 heteroatoms. The van der Waals surface area contributed by atoms with Crippen molar-refractivity contribution in [3.05, 3.63) is 36.5 Å². The van der Waals surface area contributed by atoms with E-state index >= 15 is 0 Å². The quantitative estimate of drug-likeness (QED) is 0.698. The number of hydrogen-bond donors (Lipinski definition) is 0. The van der Waals surface area contributed by atoms with E-state index in [4.69, 9.17) is 0 Å². The first-order chi connectivity index (χ1) is 10.7. The number of aromatic nitrogens is 6. The summed E-state index contributed by atoms with van der Waals surface area (Å²) in [5.74, 6) is 1.90. The lowest BCUT2D eigenvalue weighted by Gasteiger charge is -2.44. The lowest BCUT2D eigenvalue weighted by Crippen LogP contribution is -2.59. The van der Waals surface area contributed by atoms with Crippen molar-refractivity contribution in [3.63, 3.8) is 0 Å². The van der Waals surface area contributed by atoms with Gasteiger partial charge in [0.05, 0.1) is 6.04 Å². The van der Waals surface area contributed by atoms with Gasteiger partial charge in [-0.2, -0.15) is 4.52 Å². The average Bonchev–Trinajstić information content (AvgIpc) is 2.93. The highest BCUT2D eigenvalue weighted by Crippen LogP contribution is 2.24. The van der Waals surface area contributed by atoms with E-state index in [-0.39, 0.29) is 0 Å². The molecular weight excluding hydrogens is 280 g/mol. The summed E-state index contributed by atoms with van der Waals surface area (Å²) >= 11 is 0. The van der Waals surface area contributed by atoms with Crippen LogP contribution in [0.3, 0.4) is 0 Å². The molecule has 0 aromatic carbocycles. The van der Waals surface area contributed by atoms with Crippen molar-refractivity contribution >= 4 is 17.3 Å². The molecule has 22 heavy (non-hydrogen) atoms. The fraction of sp³-hybridized carbons (Fsp3) is 0.357. The van der Waals surface area contributed by atoms with Crippen molar-refractivity contribution in [2.75, 3.05) is 29.9 Å². The number of likely N-dealkylation sites (N-methyl/N-ethyl adjacent to an activating group) is 1. The van der Waals surface area contributed by atoms with Crippen LogP contribution < -0.4 is 9.80 Å². The van der Waals surface area contributed by atoms with Crippen LogP contribution in [0.2, 0.25) is 0 Å². The van der Waals surface area contributed by atoms with Gasteiger partial charge in [0.25, 0.3) is 0 Å².